The van der Waals surface area contributed by atoms with Gasteiger partial charge in [-0.3, -0.25) is 14.5 Å². The molecular formula is C31H32N6O7. The summed E-state index contributed by atoms with van der Waals surface area (Å²) in [5.74, 6) is 2.16. The lowest BCUT2D eigenvalue weighted by Crippen LogP contribution is -2.57. The number of hydrogen-bond donors (Lipinski definition) is 3. The zero-order valence-corrected chi connectivity index (χ0v) is 24.1. The number of hydrogen-bond acceptors (Lipinski definition) is 8. The first-order valence-corrected chi connectivity index (χ1v) is 13.6. The SMILES string of the molecule is CC(=O)N(C[C@H](NC(=O)OCc1ccccc1)C(=O)O)N1C(=O)N(Cc2ccccc2)[C@](C)(c2ccc(C=NN)cc2)C1=O. The number of carbonyl (C=O) groups excluding carboxylic acids is 4. The van der Waals surface area contributed by atoms with Crippen LogP contribution < -0.4 is 11.2 Å². The van der Waals surface area contributed by atoms with E-state index in [9.17, 15) is 29.1 Å². The number of hydrazone groups is 1. The van der Waals surface area contributed by atoms with Crippen LogP contribution in [-0.4, -0.2) is 68.7 Å². The van der Waals surface area contributed by atoms with Crippen LogP contribution in [0, 0.1) is 0 Å². The predicted octanol–water partition coefficient (Wildman–Crippen LogP) is 2.80. The largest absolute Gasteiger partial charge is 0.480 e. The van der Waals surface area contributed by atoms with E-state index in [-0.39, 0.29) is 13.2 Å². The summed E-state index contributed by atoms with van der Waals surface area (Å²) in [5, 5.41) is 16.9. The zero-order valence-electron chi connectivity index (χ0n) is 24.1. The molecule has 13 nitrogen and oxygen atoms in total. The van der Waals surface area contributed by atoms with E-state index in [2.05, 4.69) is 10.4 Å². The number of nitrogens with one attached hydrogen (secondary N) is 1. The lowest BCUT2D eigenvalue weighted by molar-refractivity contribution is -0.158. The standard InChI is InChI=1S/C31H32N6O7/c1-21(38)36(19-26(27(39)40)34-29(42)44-20-24-11-7-4-8-12-24)37-28(41)31(2,25-15-13-22(14-16-25)17-33-32)35(30(37)43)18-23-9-5-3-6-10-23/h3-17,26H,18-20,32H2,1-2H3,(H,34,42)(H,39,40)/t26-,31+/m0/s1. The number of carboxylic acid groups (broad SMARTS) is 1. The second-order valence-electron chi connectivity index (χ2n) is 10.1. The summed E-state index contributed by atoms with van der Waals surface area (Å²) in [7, 11) is 0. The summed E-state index contributed by atoms with van der Waals surface area (Å²) in [5.41, 5.74) is 0.885. The molecule has 1 saturated heterocycles. The van der Waals surface area contributed by atoms with Crippen LogP contribution in [0.5, 0.6) is 0 Å². The van der Waals surface area contributed by atoms with Gasteiger partial charge in [0.15, 0.2) is 0 Å². The van der Waals surface area contributed by atoms with Gasteiger partial charge in [0, 0.05) is 13.5 Å². The van der Waals surface area contributed by atoms with Crippen LogP contribution in [0.1, 0.15) is 36.1 Å². The van der Waals surface area contributed by atoms with Gasteiger partial charge in [0.25, 0.3) is 5.91 Å². The van der Waals surface area contributed by atoms with Gasteiger partial charge in [0.05, 0.1) is 12.8 Å². The number of rotatable bonds is 11. The molecule has 44 heavy (non-hydrogen) atoms. The molecule has 4 N–H and O–H groups in total. The second kappa shape index (κ2) is 13.5. The molecule has 0 saturated carbocycles. The Balaban J connectivity index is 1.64. The van der Waals surface area contributed by atoms with Gasteiger partial charge in [0.2, 0.25) is 5.91 Å². The Morgan fingerprint density at radius 1 is 1.00 bits per heavy atom. The third-order valence-electron chi connectivity index (χ3n) is 7.20. The average molecular weight is 601 g/mol. The Morgan fingerprint density at radius 3 is 2.14 bits per heavy atom. The van der Waals surface area contributed by atoms with Gasteiger partial charge in [0.1, 0.15) is 18.2 Å². The second-order valence-corrected chi connectivity index (χ2v) is 10.1. The van der Waals surface area contributed by atoms with Gasteiger partial charge in [-0.05, 0) is 29.2 Å². The maximum absolute atomic E-state index is 14.2. The van der Waals surface area contributed by atoms with Gasteiger partial charge >= 0.3 is 18.1 Å². The summed E-state index contributed by atoms with van der Waals surface area (Å²) in [6.45, 7) is 1.79. The van der Waals surface area contributed by atoms with Crippen LogP contribution in [0.2, 0.25) is 0 Å². The molecule has 0 bridgehead atoms. The highest BCUT2D eigenvalue weighted by atomic mass is 16.5. The fraction of sp³-hybridized carbons (Fsp3) is 0.226. The smallest absolute Gasteiger partial charge is 0.408 e. The molecule has 0 spiro atoms. The van der Waals surface area contributed by atoms with Crippen molar-refractivity contribution in [3.05, 3.63) is 107 Å². The minimum atomic E-state index is -1.72. The topological polar surface area (TPSA) is 175 Å². The highest BCUT2D eigenvalue weighted by Crippen LogP contribution is 2.39. The minimum absolute atomic E-state index is 0.00257. The Morgan fingerprint density at radius 2 is 1.59 bits per heavy atom. The summed E-state index contributed by atoms with van der Waals surface area (Å²) in [6.07, 6.45) is 0.365. The number of nitrogens with two attached hydrogens (primary N) is 1. The van der Waals surface area contributed by atoms with Crippen molar-refractivity contribution in [2.24, 2.45) is 10.9 Å². The zero-order chi connectivity index (χ0) is 31.9. The Labute approximate surface area is 253 Å². The van der Waals surface area contributed by atoms with Crippen molar-refractivity contribution in [3.63, 3.8) is 0 Å². The Bertz CT molecular complexity index is 1550. The molecule has 0 radical (unpaired) electrons. The van der Waals surface area contributed by atoms with E-state index in [1.165, 1.54) is 11.1 Å². The number of hydrazine groups is 1. The van der Waals surface area contributed by atoms with E-state index in [4.69, 9.17) is 10.6 Å². The van der Waals surface area contributed by atoms with Gasteiger partial charge in [-0.15, -0.1) is 0 Å². The monoisotopic (exact) mass is 600 g/mol. The normalized spacial score (nSPS) is 17.0. The summed E-state index contributed by atoms with van der Waals surface area (Å²) in [6, 6.07) is 21.8. The van der Waals surface area contributed by atoms with Crippen LogP contribution in [0.4, 0.5) is 9.59 Å². The average Bonchev–Trinajstić information content (AvgIpc) is 3.20. The van der Waals surface area contributed by atoms with Crippen molar-refractivity contribution in [2.45, 2.75) is 38.6 Å². The van der Waals surface area contributed by atoms with E-state index < -0.39 is 48.0 Å². The van der Waals surface area contributed by atoms with Crippen molar-refractivity contribution in [1.82, 2.24) is 20.2 Å². The summed E-state index contributed by atoms with van der Waals surface area (Å²) in [4.78, 5) is 67.0. The van der Waals surface area contributed by atoms with Crippen LogP contribution >= 0.6 is 0 Å². The lowest BCUT2D eigenvalue weighted by Gasteiger charge is -2.32. The van der Waals surface area contributed by atoms with Crippen LogP contribution in [0.15, 0.2) is 90.0 Å². The van der Waals surface area contributed by atoms with E-state index in [1.54, 1.807) is 85.8 Å². The van der Waals surface area contributed by atoms with E-state index in [0.717, 1.165) is 11.9 Å². The number of aliphatic carboxylic acids is 1. The van der Waals surface area contributed by atoms with Gasteiger partial charge < -0.3 is 21.0 Å². The maximum Gasteiger partial charge on any atom is 0.408 e. The number of nitrogens with zero attached hydrogens (tertiary/aromatic N) is 4. The van der Waals surface area contributed by atoms with Crippen molar-refractivity contribution in [1.29, 1.82) is 0 Å². The summed E-state index contributed by atoms with van der Waals surface area (Å²) >= 11 is 0. The van der Waals surface area contributed by atoms with Crippen molar-refractivity contribution in [3.8, 4) is 0 Å². The first kappa shape index (κ1) is 31.2. The van der Waals surface area contributed by atoms with Crippen molar-refractivity contribution >= 4 is 36.1 Å². The molecule has 2 atom stereocenters. The maximum atomic E-state index is 14.2. The molecule has 228 valence electrons. The predicted molar refractivity (Wildman–Crippen MR) is 158 cm³/mol. The number of imide groups is 1. The molecule has 3 aromatic carbocycles. The molecule has 0 aliphatic carbocycles. The van der Waals surface area contributed by atoms with Crippen molar-refractivity contribution < 1.29 is 33.8 Å². The molecule has 5 amide bonds. The highest BCUT2D eigenvalue weighted by molar-refractivity contribution is 6.08. The van der Waals surface area contributed by atoms with Gasteiger partial charge in [-0.25, -0.2) is 19.4 Å². The molecular weight excluding hydrogens is 568 g/mol. The number of benzene rings is 3. The molecule has 0 aromatic heterocycles. The molecule has 0 unspecified atom stereocenters. The molecule has 1 aliphatic heterocycles. The van der Waals surface area contributed by atoms with Crippen LogP contribution in [0.3, 0.4) is 0 Å². The van der Waals surface area contributed by atoms with Crippen LogP contribution in [0.25, 0.3) is 0 Å². The fourth-order valence-electron chi connectivity index (χ4n) is 4.79. The quantitative estimate of drug-likeness (QED) is 0.130. The number of amides is 5. The molecule has 4 rings (SSSR count). The third-order valence-corrected chi connectivity index (χ3v) is 7.20. The minimum Gasteiger partial charge on any atom is -0.480 e. The molecule has 1 fully saturated rings. The number of alkyl carbamates (subject to hydrolysis) is 1. The molecule has 1 heterocycles. The first-order chi connectivity index (χ1) is 21.1. The first-order valence-electron chi connectivity index (χ1n) is 13.6. The number of carboxylic acids is 1. The Hall–Kier alpha value is -5.72. The lowest BCUT2D eigenvalue weighted by atomic mass is 9.89. The third kappa shape index (κ3) is 6.67. The Kier molecular flexibility index (Phi) is 9.58. The van der Waals surface area contributed by atoms with Crippen LogP contribution in [-0.2, 0) is 37.8 Å². The van der Waals surface area contributed by atoms with Gasteiger partial charge in [-0.2, -0.15) is 10.1 Å². The molecule has 1 aliphatic rings. The molecule has 13 heteroatoms. The van der Waals surface area contributed by atoms with Crippen molar-refractivity contribution in [2.75, 3.05) is 6.54 Å². The number of ether oxygens (including phenoxy) is 1. The van der Waals surface area contributed by atoms with Gasteiger partial charge in [-0.1, -0.05) is 84.9 Å². The van der Waals surface area contributed by atoms with E-state index in [0.29, 0.717) is 27.3 Å². The fourth-order valence-corrected chi connectivity index (χ4v) is 4.79. The van der Waals surface area contributed by atoms with E-state index in [1.807, 2.05) is 6.07 Å². The molecule has 3 aromatic rings. The highest BCUT2D eigenvalue weighted by Gasteiger charge is 2.58. The summed E-state index contributed by atoms with van der Waals surface area (Å²) < 4.78 is 5.13. The van der Waals surface area contributed by atoms with E-state index >= 15 is 0 Å². The number of carbonyl (C=O) groups is 5. The number of urea groups is 1.